The molecule has 44 heavy (non-hydrogen) atoms. The van der Waals surface area contributed by atoms with Crippen molar-refractivity contribution in [3.8, 4) is 0 Å². The first-order valence-corrected chi connectivity index (χ1v) is 17.5. The molecule has 1 aliphatic carbocycles. The first-order chi connectivity index (χ1) is 20.9. The van der Waals surface area contributed by atoms with E-state index in [4.69, 9.17) is 24.6 Å². The quantitative estimate of drug-likeness (QED) is 0.140. The van der Waals surface area contributed by atoms with E-state index in [9.17, 15) is 32.7 Å². The molecule has 0 radical (unpaired) electrons. The molecule has 3 aliphatic rings. The minimum absolute atomic E-state index is 0.0145. The Hall–Kier alpha value is -2.59. The summed E-state index contributed by atoms with van der Waals surface area (Å²) in [5, 5.41) is 10.6. The van der Waals surface area contributed by atoms with Gasteiger partial charge in [0, 0.05) is 11.6 Å². The molecule has 2 aromatic rings. The highest BCUT2D eigenvalue weighted by Crippen LogP contribution is 2.42. The van der Waals surface area contributed by atoms with E-state index in [1.54, 1.807) is 30.3 Å². The second-order valence-corrected chi connectivity index (χ2v) is 14.3. The molecule has 2 aliphatic heterocycles. The van der Waals surface area contributed by atoms with Gasteiger partial charge in [0.25, 0.3) is 10.0 Å². The van der Waals surface area contributed by atoms with E-state index < -0.39 is 61.1 Å². The van der Waals surface area contributed by atoms with Crippen LogP contribution in [-0.2, 0) is 39.8 Å². The molecule has 1 saturated carbocycles. The molecule has 2 saturated heterocycles. The number of carbonyl (C=O) groups is 1. The number of hydrogen-bond acceptors (Lipinski definition) is 9. The number of benzene rings is 2. The van der Waals surface area contributed by atoms with Crippen LogP contribution in [-0.4, -0.2) is 89.1 Å². The SMILES string of the molecule is Nc1cccc(S(=O)(=O)N(C[C@@H](OP(=O)(O)O)C(Cc2ccccc2)N(C(=O)O)[C@@H]2CO[C@H]3OCC[C@H]32)OC2CCCC2)c1. The third-order valence-corrected chi connectivity index (χ3v) is 10.4. The van der Waals surface area contributed by atoms with Gasteiger partial charge in [-0.3, -0.25) is 14.3 Å². The maximum atomic E-state index is 14.0. The van der Waals surface area contributed by atoms with Gasteiger partial charge in [0.2, 0.25) is 0 Å². The lowest BCUT2D eigenvalue weighted by molar-refractivity contribution is -0.147. The predicted molar refractivity (Wildman–Crippen MR) is 156 cm³/mol. The summed E-state index contributed by atoms with van der Waals surface area (Å²) in [6, 6.07) is 12.3. The Morgan fingerprint density at radius 2 is 1.80 bits per heavy atom. The minimum atomic E-state index is -5.30. The molecule has 14 nitrogen and oxygen atoms in total. The maximum Gasteiger partial charge on any atom is 0.469 e. The van der Waals surface area contributed by atoms with Crippen LogP contribution in [0, 0.1) is 5.92 Å². The van der Waals surface area contributed by atoms with Gasteiger partial charge in [-0.1, -0.05) is 53.7 Å². The number of anilines is 1. The van der Waals surface area contributed by atoms with Crippen LogP contribution in [0.4, 0.5) is 10.5 Å². The summed E-state index contributed by atoms with van der Waals surface area (Å²) in [5.74, 6) is -0.332. The molecule has 2 aromatic carbocycles. The van der Waals surface area contributed by atoms with Gasteiger partial charge in [0.15, 0.2) is 6.29 Å². The zero-order chi connectivity index (χ0) is 31.5. The highest BCUT2D eigenvalue weighted by Gasteiger charge is 2.50. The Balaban J connectivity index is 1.58. The van der Waals surface area contributed by atoms with E-state index in [0.717, 1.165) is 17.7 Å². The number of phosphoric ester groups is 1. The molecule has 1 unspecified atom stereocenters. The summed E-state index contributed by atoms with van der Waals surface area (Å²) >= 11 is 0. The second-order valence-electron chi connectivity index (χ2n) is 11.2. The van der Waals surface area contributed by atoms with Gasteiger partial charge in [-0.2, -0.15) is 0 Å². The minimum Gasteiger partial charge on any atom is -0.465 e. The van der Waals surface area contributed by atoms with E-state index >= 15 is 0 Å². The number of phosphoric acid groups is 1. The van der Waals surface area contributed by atoms with Crippen LogP contribution in [0.1, 0.15) is 37.7 Å². The smallest absolute Gasteiger partial charge is 0.465 e. The molecule has 5 N–H and O–H groups in total. The van der Waals surface area contributed by atoms with Gasteiger partial charge in [-0.25, -0.2) is 17.8 Å². The van der Waals surface area contributed by atoms with Crippen molar-refractivity contribution in [1.29, 1.82) is 0 Å². The van der Waals surface area contributed by atoms with Crippen molar-refractivity contribution in [2.45, 2.75) is 74.0 Å². The Morgan fingerprint density at radius 1 is 1.07 bits per heavy atom. The number of sulfonamides is 1. The molecule has 0 spiro atoms. The van der Waals surface area contributed by atoms with Crippen LogP contribution in [0.25, 0.3) is 0 Å². The van der Waals surface area contributed by atoms with Crippen LogP contribution >= 0.6 is 7.82 Å². The molecular weight excluding hydrogens is 617 g/mol. The third-order valence-electron chi connectivity index (χ3n) is 8.26. The Morgan fingerprint density at radius 3 is 2.45 bits per heavy atom. The summed E-state index contributed by atoms with van der Waals surface area (Å²) in [7, 11) is -9.76. The number of fused-ring (bicyclic) bond motifs is 1. The van der Waals surface area contributed by atoms with E-state index in [0.29, 0.717) is 35.9 Å². The van der Waals surface area contributed by atoms with E-state index in [1.807, 2.05) is 0 Å². The Labute approximate surface area is 255 Å². The summed E-state index contributed by atoms with van der Waals surface area (Å²) in [6.45, 7) is -0.371. The summed E-state index contributed by atoms with van der Waals surface area (Å²) in [5.41, 5.74) is 6.70. The van der Waals surface area contributed by atoms with Crippen LogP contribution in [0.15, 0.2) is 59.5 Å². The molecule has 3 fully saturated rings. The number of nitrogen functional groups attached to an aromatic ring is 1. The lowest BCUT2D eigenvalue weighted by Crippen LogP contribution is -2.58. The van der Waals surface area contributed by atoms with Crippen LogP contribution in [0.5, 0.6) is 0 Å². The molecule has 5 rings (SSSR count). The number of hydrogen-bond donors (Lipinski definition) is 4. The average molecular weight is 656 g/mol. The number of rotatable bonds is 13. The van der Waals surface area contributed by atoms with Crippen molar-refractivity contribution in [1.82, 2.24) is 9.37 Å². The molecular formula is C28H38N3O11PS. The van der Waals surface area contributed by atoms with Gasteiger partial charge in [-0.15, -0.1) is 0 Å². The fourth-order valence-corrected chi connectivity index (χ4v) is 8.13. The van der Waals surface area contributed by atoms with Crippen molar-refractivity contribution >= 4 is 29.6 Å². The number of carboxylic acid groups (broad SMARTS) is 1. The molecule has 0 aromatic heterocycles. The average Bonchev–Trinajstić information content (AvgIpc) is 3.72. The predicted octanol–water partition coefficient (Wildman–Crippen LogP) is 2.96. The molecule has 242 valence electrons. The second kappa shape index (κ2) is 13.8. The zero-order valence-corrected chi connectivity index (χ0v) is 25.7. The van der Waals surface area contributed by atoms with Crippen molar-refractivity contribution in [3.05, 3.63) is 60.2 Å². The Kier molecular flexibility index (Phi) is 10.3. The van der Waals surface area contributed by atoms with Crippen molar-refractivity contribution in [3.63, 3.8) is 0 Å². The first kappa shape index (κ1) is 32.8. The van der Waals surface area contributed by atoms with Crippen LogP contribution in [0.2, 0.25) is 0 Å². The van der Waals surface area contributed by atoms with Gasteiger partial charge in [0.1, 0.15) is 6.10 Å². The van der Waals surface area contributed by atoms with Gasteiger partial charge < -0.3 is 30.1 Å². The Bertz CT molecular complexity index is 1440. The number of nitrogens with zero attached hydrogens (tertiary/aromatic N) is 2. The third kappa shape index (κ3) is 7.79. The van der Waals surface area contributed by atoms with Gasteiger partial charge in [-0.05, 0) is 49.4 Å². The van der Waals surface area contributed by atoms with Crippen molar-refractivity contribution in [2.24, 2.45) is 5.92 Å². The molecule has 2 heterocycles. The topological polar surface area (TPSA) is 198 Å². The van der Waals surface area contributed by atoms with E-state index in [-0.39, 0.29) is 29.5 Å². The lowest BCUT2D eigenvalue weighted by Gasteiger charge is -2.41. The van der Waals surface area contributed by atoms with E-state index in [2.05, 4.69) is 0 Å². The van der Waals surface area contributed by atoms with Crippen LogP contribution in [0.3, 0.4) is 0 Å². The zero-order valence-electron chi connectivity index (χ0n) is 24.0. The highest BCUT2D eigenvalue weighted by molar-refractivity contribution is 7.89. The van der Waals surface area contributed by atoms with Gasteiger partial charge in [0.05, 0.1) is 42.8 Å². The normalized spacial score (nSPS) is 23.9. The summed E-state index contributed by atoms with van der Waals surface area (Å²) < 4.78 is 57.7. The molecule has 0 bridgehead atoms. The maximum absolute atomic E-state index is 14.0. The lowest BCUT2D eigenvalue weighted by atomic mass is 9.93. The number of amides is 1. The summed E-state index contributed by atoms with van der Waals surface area (Å²) in [4.78, 5) is 40.0. The largest absolute Gasteiger partial charge is 0.469 e. The van der Waals surface area contributed by atoms with Crippen molar-refractivity contribution in [2.75, 3.05) is 25.5 Å². The van der Waals surface area contributed by atoms with Gasteiger partial charge >= 0.3 is 13.9 Å². The number of ether oxygens (including phenoxy) is 2. The number of nitrogens with two attached hydrogens (primary N) is 1. The molecule has 16 heteroatoms. The standard InChI is InChI=1S/C28H38N3O11PS/c29-20-9-6-12-22(16-20)44(37,38)30(41-21-10-4-5-11-21)17-26(42-43(34,35)36)24(15-19-7-2-1-3-8-19)31(28(32)33)25-18-40-27-23(25)13-14-39-27/h1-3,6-9,12,16,21,23-27H,4-5,10-11,13-15,17-18,29H2,(H,32,33)(H2,34,35,36)/t23-,24?,25+,26+,27+/m0/s1. The molecule has 5 atom stereocenters. The fourth-order valence-electron chi connectivity index (χ4n) is 6.22. The first-order valence-electron chi connectivity index (χ1n) is 14.5. The highest BCUT2D eigenvalue weighted by atomic mass is 32.2. The fraction of sp³-hybridized carbons (Fsp3) is 0.536. The molecule has 1 amide bonds. The van der Waals surface area contributed by atoms with E-state index in [1.165, 1.54) is 24.3 Å². The summed E-state index contributed by atoms with van der Waals surface area (Å²) in [6.07, 6.45) is -0.919. The van der Waals surface area contributed by atoms with Crippen LogP contribution < -0.4 is 5.73 Å². The van der Waals surface area contributed by atoms with Crippen molar-refractivity contribution < 1.29 is 51.5 Å². The monoisotopic (exact) mass is 655 g/mol. The number of hydroxylamine groups is 1.